The Hall–Kier alpha value is -3.41. The van der Waals surface area contributed by atoms with Crippen molar-refractivity contribution < 1.29 is 4.42 Å². The van der Waals surface area contributed by atoms with E-state index in [0.29, 0.717) is 28.2 Å². The van der Waals surface area contributed by atoms with Gasteiger partial charge in [0.1, 0.15) is 11.5 Å². The number of aromatic nitrogens is 3. The SMILES string of the molecule is Cc1ccc(-c2nc(Cn3c(=O)n(C(C)C)c(=O)c4ccccc43)c(C)o2)cc1. The molecule has 2 heterocycles. The van der Waals surface area contributed by atoms with Gasteiger partial charge in [-0.3, -0.25) is 13.9 Å². The third-order valence-corrected chi connectivity index (χ3v) is 5.10. The highest BCUT2D eigenvalue weighted by molar-refractivity contribution is 5.78. The Morgan fingerprint density at radius 2 is 1.69 bits per heavy atom. The molecule has 0 bridgehead atoms. The zero-order valence-electron chi connectivity index (χ0n) is 17.0. The number of hydrogen-bond donors (Lipinski definition) is 0. The number of aryl methyl sites for hydroxylation is 2. The number of para-hydroxylation sites is 1. The minimum absolute atomic E-state index is 0.230. The first-order valence-electron chi connectivity index (χ1n) is 9.64. The van der Waals surface area contributed by atoms with Crippen molar-refractivity contribution in [3.8, 4) is 11.5 Å². The average molecular weight is 389 g/mol. The van der Waals surface area contributed by atoms with Crippen LogP contribution in [0.25, 0.3) is 22.4 Å². The van der Waals surface area contributed by atoms with E-state index < -0.39 is 0 Å². The molecule has 0 saturated heterocycles. The second-order valence-electron chi connectivity index (χ2n) is 7.54. The Kier molecular flexibility index (Phi) is 4.70. The zero-order chi connectivity index (χ0) is 20.7. The van der Waals surface area contributed by atoms with Gasteiger partial charge in [-0.15, -0.1) is 0 Å². The molecule has 0 radical (unpaired) electrons. The molecule has 6 nitrogen and oxygen atoms in total. The van der Waals surface area contributed by atoms with E-state index in [1.165, 1.54) is 4.57 Å². The molecule has 0 aliphatic heterocycles. The van der Waals surface area contributed by atoms with E-state index in [9.17, 15) is 9.59 Å². The van der Waals surface area contributed by atoms with Crippen LogP contribution in [-0.2, 0) is 6.54 Å². The van der Waals surface area contributed by atoms with Gasteiger partial charge in [0.2, 0.25) is 5.89 Å². The number of oxazole rings is 1. The first kappa shape index (κ1) is 18.9. The molecular weight excluding hydrogens is 366 g/mol. The zero-order valence-corrected chi connectivity index (χ0v) is 17.0. The van der Waals surface area contributed by atoms with Crippen molar-refractivity contribution in [2.75, 3.05) is 0 Å². The van der Waals surface area contributed by atoms with Crippen LogP contribution < -0.4 is 11.2 Å². The predicted molar refractivity (Wildman–Crippen MR) is 113 cm³/mol. The molecule has 29 heavy (non-hydrogen) atoms. The third-order valence-electron chi connectivity index (χ3n) is 5.10. The first-order chi connectivity index (χ1) is 13.9. The van der Waals surface area contributed by atoms with Crippen LogP contribution in [0, 0.1) is 13.8 Å². The van der Waals surface area contributed by atoms with Crippen LogP contribution in [-0.4, -0.2) is 14.1 Å². The fourth-order valence-electron chi connectivity index (χ4n) is 3.49. The molecule has 0 aliphatic rings. The lowest BCUT2D eigenvalue weighted by Crippen LogP contribution is -2.41. The highest BCUT2D eigenvalue weighted by Gasteiger charge is 2.18. The normalized spacial score (nSPS) is 11.5. The minimum Gasteiger partial charge on any atom is -0.441 e. The summed E-state index contributed by atoms with van der Waals surface area (Å²) >= 11 is 0. The number of nitrogens with zero attached hydrogens (tertiary/aromatic N) is 3. The van der Waals surface area contributed by atoms with Crippen molar-refractivity contribution in [2.45, 2.75) is 40.3 Å². The summed E-state index contributed by atoms with van der Waals surface area (Å²) in [7, 11) is 0. The summed E-state index contributed by atoms with van der Waals surface area (Å²) < 4.78 is 8.76. The van der Waals surface area contributed by atoms with Crippen LogP contribution in [0.4, 0.5) is 0 Å². The van der Waals surface area contributed by atoms with E-state index >= 15 is 0 Å². The standard InChI is InChI=1S/C23H23N3O3/c1-14(2)26-22(27)18-7-5-6-8-20(18)25(23(26)28)13-19-16(4)29-21(24-19)17-11-9-15(3)10-12-17/h5-12,14H,13H2,1-4H3. The smallest absolute Gasteiger partial charge is 0.332 e. The average Bonchev–Trinajstić information content (AvgIpc) is 3.06. The van der Waals surface area contributed by atoms with Crippen molar-refractivity contribution in [1.29, 1.82) is 0 Å². The van der Waals surface area contributed by atoms with Gasteiger partial charge in [0.15, 0.2) is 0 Å². The van der Waals surface area contributed by atoms with E-state index in [1.54, 1.807) is 22.8 Å². The largest absolute Gasteiger partial charge is 0.441 e. The van der Waals surface area contributed by atoms with Gasteiger partial charge < -0.3 is 4.42 Å². The summed E-state index contributed by atoms with van der Waals surface area (Å²) in [4.78, 5) is 30.6. The molecule has 4 aromatic rings. The van der Waals surface area contributed by atoms with E-state index in [0.717, 1.165) is 11.1 Å². The van der Waals surface area contributed by atoms with Crippen molar-refractivity contribution in [3.05, 3.63) is 86.4 Å². The minimum atomic E-state index is -0.344. The molecule has 0 atom stereocenters. The molecule has 4 rings (SSSR count). The summed E-state index contributed by atoms with van der Waals surface area (Å²) in [6, 6.07) is 14.9. The Morgan fingerprint density at radius 3 is 2.38 bits per heavy atom. The van der Waals surface area contributed by atoms with E-state index in [1.807, 2.05) is 58.0 Å². The molecule has 0 spiro atoms. The number of rotatable bonds is 4. The Balaban J connectivity index is 1.86. The highest BCUT2D eigenvalue weighted by atomic mass is 16.4. The van der Waals surface area contributed by atoms with Gasteiger partial charge in [0, 0.05) is 11.6 Å². The number of hydrogen-bond acceptors (Lipinski definition) is 4. The van der Waals surface area contributed by atoms with Gasteiger partial charge >= 0.3 is 5.69 Å². The van der Waals surface area contributed by atoms with E-state index in [2.05, 4.69) is 4.98 Å². The second kappa shape index (κ2) is 7.20. The van der Waals surface area contributed by atoms with Crippen LogP contribution in [0.2, 0.25) is 0 Å². The molecule has 0 N–H and O–H groups in total. The lowest BCUT2D eigenvalue weighted by Gasteiger charge is -2.15. The molecule has 2 aromatic carbocycles. The summed E-state index contributed by atoms with van der Waals surface area (Å²) in [5, 5.41) is 0.515. The van der Waals surface area contributed by atoms with Crippen LogP contribution >= 0.6 is 0 Å². The van der Waals surface area contributed by atoms with Crippen molar-refractivity contribution in [3.63, 3.8) is 0 Å². The van der Waals surface area contributed by atoms with Gasteiger partial charge in [-0.2, -0.15) is 0 Å². The number of fused-ring (bicyclic) bond motifs is 1. The monoisotopic (exact) mass is 389 g/mol. The van der Waals surface area contributed by atoms with Crippen LogP contribution in [0.1, 0.15) is 36.9 Å². The predicted octanol–water partition coefficient (Wildman–Crippen LogP) is 4.06. The summed E-state index contributed by atoms with van der Waals surface area (Å²) in [6.45, 7) is 7.76. The fourth-order valence-corrected chi connectivity index (χ4v) is 3.49. The summed E-state index contributed by atoms with van der Waals surface area (Å²) in [5.41, 5.74) is 2.69. The van der Waals surface area contributed by atoms with Crippen LogP contribution in [0.5, 0.6) is 0 Å². The molecule has 0 saturated carbocycles. The number of benzene rings is 2. The molecule has 0 amide bonds. The van der Waals surface area contributed by atoms with Crippen molar-refractivity contribution in [2.24, 2.45) is 0 Å². The molecule has 148 valence electrons. The fraction of sp³-hybridized carbons (Fsp3) is 0.261. The Bertz CT molecular complexity index is 1310. The van der Waals surface area contributed by atoms with Gasteiger partial charge in [0.25, 0.3) is 5.56 Å². The Labute approximate surface area is 168 Å². The van der Waals surface area contributed by atoms with Crippen LogP contribution in [0.15, 0.2) is 62.5 Å². The van der Waals surface area contributed by atoms with Gasteiger partial charge in [-0.05, 0) is 52.0 Å². The van der Waals surface area contributed by atoms with Gasteiger partial charge in [-0.25, -0.2) is 9.78 Å². The lowest BCUT2D eigenvalue weighted by atomic mass is 10.1. The maximum absolute atomic E-state index is 13.1. The lowest BCUT2D eigenvalue weighted by molar-refractivity contribution is 0.517. The van der Waals surface area contributed by atoms with Crippen LogP contribution in [0.3, 0.4) is 0 Å². The summed E-state index contributed by atoms with van der Waals surface area (Å²) in [5.74, 6) is 1.17. The molecule has 6 heteroatoms. The molecule has 0 fully saturated rings. The second-order valence-corrected chi connectivity index (χ2v) is 7.54. The van der Waals surface area contributed by atoms with E-state index in [4.69, 9.17) is 4.42 Å². The molecule has 0 unspecified atom stereocenters. The maximum atomic E-state index is 13.1. The third kappa shape index (κ3) is 3.31. The first-order valence-corrected chi connectivity index (χ1v) is 9.64. The molecule has 0 aliphatic carbocycles. The van der Waals surface area contributed by atoms with Crippen molar-refractivity contribution in [1.82, 2.24) is 14.1 Å². The maximum Gasteiger partial charge on any atom is 0.332 e. The molecule has 2 aromatic heterocycles. The van der Waals surface area contributed by atoms with Gasteiger partial charge in [-0.1, -0.05) is 29.8 Å². The summed E-state index contributed by atoms with van der Waals surface area (Å²) in [6.07, 6.45) is 0. The Morgan fingerprint density at radius 1 is 1.00 bits per heavy atom. The highest BCUT2D eigenvalue weighted by Crippen LogP contribution is 2.23. The van der Waals surface area contributed by atoms with Crippen molar-refractivity contribution >= 4 is 10.9 Å². The van der Waals surface area contributed by atoms with E-state index in [-0.39, 0.29) is 23.8 Å². The topological polar surface area (TPSA) is 70.0 Å². The van der Waals surface area contributed by atoms with Gasteiger partial charge in [0.05, 0.1) is 17.4 Å². The molecular formula is C23H23N3O3. The quantitative estimate of drug-likeness (QED) is 0.528.